The van der Waals surface area contributed by atoms with Gasteiger partial charge in [-0.1, -0.05) is 36.4 Å². The number of rotatable bonds is 6. The Bertz CT molecular complexity index is 979. The molecule has 8 heteroatoms. The number of para-hydroxylation sites is 1. The van der Waals surface area contributed by atoms with Crippen LogP contribution < -0.4 is 21.1 Å². The van der Waals surface area contributed by atoms with E-state index < -0.39 is 6.09 Å². The lowest BCUT2D eigenvalue weighted by molar-refractivity contribution is 0.187. The van der Waals surface area contributed by atoms with Crippen LogP contribution in [0.5, 0.6) is 11.5 Å². The van der Waals surface area contributed by atoms with E-state index in [-0.39, 0.29) is 24.0 Å². The first-order chi connectivity index (χ1) is 14.1. The third-order valence-electron chi connectivity index (χ3n) is 3.90. The van der Waals surface area contributed by atoms with Gasteiger partial charge in [0.25, 0.3) is 0 Å². The number of hydrogen-bond donors (Lipinski definition) is 3. The fraction of sp³-hybridized carbons (Fsp3) is 0.0909. The number of nitrogens with zero attached hydrogens (tertiary/aromatic N) is 1. The first-order valence-corrected chi connectivity index (χ1v) is 8.96. The number of carbonyl (C=O) groups excluding carboxylic acids is 1. The number of aliphatic imine (C=N–C) groups is 1. The molecule has 0 radical (unpaired) electrons. The van der Waals surface area contributed by atoms with E-state index >= 15 is 0 Å². The van der Waals surface area contributed by atoms with Gasteiger partial charge < -0.3 is 20.5 Å². The van der Waals surface area contributed by atoms with Gasteiger partial charge in [-0.15, -0.1) is 24.0 Å². The predicted molar refractivity (Wildman–Crippen MR) is 130 cm³/mol. The number of anilines is 2. The van der Waals surface area contributed by atoms with Crippen LogP contribution in [0.4, 0.5) is 16.2 Å². The average Bonchev–Trinajstić information content (AvgIpc) is 2.74. The van der Waals surface area contributed by atoms with Gasteiger partial charge in [-0.05, 0) is 42.0 Å². The Morgan fingerprint density at radius 2 is 1.60 bits per heavy atom. The average molecular weight is 518 g/mol. The van der Waals surface area contributed by atoms with Crippen LogP contribution in [0, 0.1) is 0 Å². The first kappa shape index (κ1) is 23.0. The molecule has 30 heavy (non-hydrogen) atoms. The summed E-state index contributed by atoms with van der Waals surface area (Å²) in [7, 11) is 1.32. The predicted octanol–water partition coefficient (Wildman–Crippen LogP) is 5.20. The smallest absolute Gasteiger partial charge is 0.411 e. The maximum atomic E-state index is 11.2. The highest BCUT2D eigenvalue weighted by Gasteiger charge is 2.02. The summed E-state index contributed by atoms with van der Waals surface area (Å²) in [4.78, 5) is 15.5. The van der Waals surface area contributed by atoms with Crippen LogP contribution in [0.1, 0.15) is 5.56 Å². The summed E-state index contributed by atoms with van der Waals surface area (Å²) < 4.78 is 10.4. The molecule has 3 rings (SSSR count). The van der Waals surface area contributed by atoms with Crippen molar-refractivity contribution >= 4 is 47.4 Å². The highest BCUT2D eigenvalue weighted by Crippen LogP contribution is 2.23. The molecule has 0 atom stereocenters. The minimum Gasteiger partial charge on any atom is -0.457 e. The van der Waals surface area contributed by atoms with Crippen molar-refractivity contribution in [3.8, 4) is 11.5 Å². The molecule has 0 aromatic heterocycles. The Kier molecular flexibility index (Phi) is 8.95. The Hall–Kier alpha value is -3.27. The van der Waals surface area contributed by atoms with Crippen molar-refractivity contribution in [3.05, 3.63) is 84.4 Å². The number of carbonyl (C=O) groups is 1. The summed E-state index contributed by atoms with van der Waals surface area (Å²) in [6, 6.07) is 24.3. The molecule has 0 fully saturated rings. The highest BCUT2D eigenvalue weighted by molar-refractivity contribution is 14.0. The summed E-state index contributed by atoms with van der Waals surface area (Å²) in [5, 5.41) is 5.65. The standard InChI is InChI=1S/C22H22N4O3.HI/c1-28-22(27)26-17-12-10-16(11-13-17)15-24-21(23)25-18-6-5-9-20(14-18)29-19-7-3-2-4-8-19;/h2-14H,15H2,1H3,(H,26,27)(H3,23,24,25);1H. The molecule has 3 aromatic rings. The van der Waals surface area contributed by atoms with Gasteiger partial charge >= 0.3 is 6.09 Å². The number of guanidine groups is 1. The maximum Gasteiger partial charge on any atom is 0.411 e. The zero-order valence-corrected chi connectivity index (χ0v) is 18.7. The van der Waals surface area contributed by atoms with Gasteiger partial charge in [0, 0.05) is 17.4 Å². The second kappa shape index (κ2) is 11.7. The number of ether oxygens (including phenoxy) is 2. The Morgan fingerprint density at radius 3 is 2.30 bits per heavy atom. The fourth-order valence-corrected chi connectivity index (χ4v) is 2.49. The lowest BCUT2D eigenvalue weighted by atomic mass is 10.2. The summed E-state index contributed by atoms with van der Waals surface area (Å²) in [5.41, 5.74) is 8.36. The largest absolute Gasteiger partial charge is 0.457 e. The van der Waals surface area contributed by atoms with E-state index in [4.69, 9.17) is 10.5 Å². The Morgan fingerprint density at radius 1 is 0.900 bits per heavy atom. The quantitative estimate of drug-likeness (QED) is 0.237. The number of amides is 1. The molecule has 0 spiro atoms. The molecule has 0 saturated carbocycles. The zero-order chi connectivity index (χ0) is 20.5. The van der Waals surface area contributed by atoms with Gasteiger partial charge in [-0.3, -0.25) is 5.32 Å². The number of nitrogens with two attached hydrogens (primary N) is 1. The Balaban J connectivity index is 0.00000320. The molecule has 0 aliphatic heterocycles. The fourth-order valence-electron chi connectivity index (χ4n) is 2.49. The molecule has 0 unspecified atom stereocenters. The summed E-state index contributed by atoms with van der Waals surface area (Å²) in [6.07, 6.45) is -0.511. The van der Waals surface area contributed by atoms with Crippen molar-refractivity contribution in [1.82, 2.24) is 0 Å². The van der Waals surface area contributed by atoms with E-state index in [9.17, 15) is 4.79 Å². The van der Waals surface area contributed by atoms with Crippen molar-refractivity contribution in [3.63, 3.8) is 0 Å². The number of halogens is 1. The molecule has 0 heterocycles. The van der Waals surface area contributed by atoms with Crippen LogP contribution in [0.15, 0.2) is 83.9 Å². The molecular weight excluding hydrogens is 495 g/mol. The lowest BCUT2D eigenvalue weighted by Crippen LogP contribution is -2.22. The second-order valence-electron chi connectivity index (χ2n) is 6.08. The van der Waals surface area contributed by atoms with Crippen molar-refractivity contribution in [1.29, 1.82) is 0 Å². The SMILES string of the molecule is COC(=O)Nc1ccc(CN=C(N)Nc2cccc(Oc3ccccc3)c2)cc1.I. The molecule has 1 amide bonds. The number of methoxy groups -OCH3 is 1. The van der Waals surface area contributed by atoms with Crippen molar-refractivity contribution in [2.24, 2.45) is 10.7 Å². The van der Waals surface area contributed by atoms with Crippen LogP contribution in [-0.2, 0) is 11.3 Å². The van der Waals surface area contributed by atoms with E-state index in [1.807, 2.05) is 66.7 Å². The van der Waals surface area contributed by atoms with Crippen molar-refractivity contribution < 1.29 is 14.3 Å². The molecule has 0 aliphatic rings. The monoisotopic (exact) mass is 518 g/mol. The summed E-state index contributed by atoms with van der Waals surface area (Å²) in [6.45, 7) is 0.400. The van der Waals surface area contributed by atoms with Crippen LogP contribution >= 0.6 is 24.0 Å². The van der Waals surface area contributed by atoms with E-state index in [0.29, 0.717) is 23.9 Å². The molecule has 7 nitrogen and oxygen atoms in total. The van der Waals surface area contributed by atoms with Crippen LogP contribution in [0.2, 0.25) is 0 Å². The minimum absolute atomic E-state index is 0. The highest BCUT2D eigenvalue weighted by atomic mass is 127. The second-order valence-corrected chi connectivity index (χ2v) is 6.08. The number of nitrogens with one attached hydrogen (secondary N) is 2. The van der Waals surface area contributed by atoms with Gasteiger partial charge in [0.15, 0.2) is 5.96 Å². The summed E-state index contributed by atoms with van der Waals surface area (Å²) >= 11 is 0. The lowest BCUT2D eigenvalue weighted by Gasteiger charge is -2.09. The van der Waals surface area contributed by atoms with Gasteiger partial charge in [0.05, 0.1) is 13.7 Å². The van der Waals surface area contributed by atoms with Crippen molar-refractivity contribution in [2.75, 3.05) is 17.7 Å². The number of hydrogen-bond acceptors (Lipinski definition) is 4. The third-order valence-corrected chi connectivity index (χ3v) is 3.90. The van der Waals surface area contributed by atoms with Gasteiger partial charge in [0.1, 0.15) is 11.5 Å². The molecule has 0 aliphatic carbocycles. The van der Waals surface area contributed by atoms with Crippen LogP contribution in [0.25, 0.3) is 0 Å². The molecule has 4 N–H and O–H groups in total. The van der Waals surface area contributed by atoms with Gasteiger partial charge in [-0.25, -0.2) is 9.79 Å². The van der Waals surface area contributed by atoms with Gasteiger partial charge in [0.2, 0.25) is 0 Å². The topological polar surface area (TPSA) is 98.0 Å². The van der Waals surface area contributed by atoms with E-state index in [1.165, 1.54) is 7.11 Å². The minimum atomic E-state index is -0.511. The van der Waals surface area contributed by atoms with Crippen LogP contribution in [0.3, 0.4) is 0 Å². The van der Waals surface area contributed by atoms with E-state index in [2.05, 4.69) is 20.4 Å². The normalized spacial score (nSPS) is 10.5. The number of benzene rings is 3. The maximum absolute atomic E-state index is 11.2. The van der Waals surface area contributed by atoms with Crippen LogP contribution in [-0.4, -0.2) is 19.2 Å². The molecular formula is C22H23IN4O3. The molecule has 0 saturated heterocycles. The molecule has 0 bridgehead atoms. The molecule has 3 aromatic carbocycles. The first-order valence-electron chi connectivity index (χ1n) is 8.96. The van der Waals surface area contributed by atoms with Gasteiger partial charge in [-0.2, -0.15) is 0 Å². The van der Waals surface area contributed by atoms with E-state index in [0.717, 1.165) is 17.0 Å². The zero-order valence-electron chi connectivity index (χ0n) is 16.4. The van der Waals surface area contributed by atoms with E-state index in [1.54, 1.807) is 12.1 Å². The molecule has 156 valence electrons. The summed E-state index contributed by atoms with van der Waals surface area (Å²) in [5.74, 6) is 1.75. The third kappa shape index (κ3) is 7.28. The Labute approximate surface area is 192 Å². The van der Waals surface area contributed by atoms with Crippen molar-refractivity contribution in [2.45, 2.75) is 6.54 Å².